The van der Waals surface area contributed by atoms with Gasteiger partial charge < -0.3 is 25.8 Å². The average Bonchev–Trinajstić information content (AvgIpc) is 3.52. The molecule has 2 aromatic heterocycles. The summed E-state index contributed by atoms with van der Waals surface area (Å²) >= 11 is 1.47. The van der Waals surface area contributed by atoms with Crippen LogP contribution in [0.5, 0.6) is 5.75 Å². The molecule has 2 aliphatic heterocycles. The number of primary amides is 1. The number of nitrogens with two attached hydrogens (primary N) is 1. The van der Waals surface area contributed by atoms with E-state index in [1.165, 1.54) is 11.5 Å². The zero-order valence-corrected chi connectivity index (χ0v) is 22.5. The molecule has 3 aromatic rings. The zero-order chi connectivity index (χ0) is 27.1. The molecule has 5 rings (SSSR count). The van der Waals surface area contributed by atoms with Crippen molar-refractivity contribution in [2.75, 3.05) is 24.6 Å². The van der Waals surface area contributed by atoms with Crippen molar-refractivity contribution >= 4 is 28.5 Å². The molecule has 0 saturated carbocycles. The maximum atomic E-state index is 12.4. The topological polar surface area (TPSA) is 144 Å². The molecular weight excluding hydrogens is 504 g/mol. The fraction of sp³-hybridized carbons (Fsp3) is 0.444. The maximum Gasteiger partial charge on any atom is 0.251 e. The number of nitrogens with zero attached hydrogens (tertiary/aromatic N) is 4. The van der Waals surface area contributed by atoms with Crippen LogP contribution >= 0.6 is 11.5 Å². The van der Waals surface area contributed by atoms with Crippen molar-refractivity contribution in [1.82, 2.24) is 19.7 Å². The van der Waals surface area contributed by atoms with Crippen molar-refractivity contribution in [2.45, 2.75) is 57.1 Å². The second kappa shape index (κ2) is 9.95. The summed E-state index contributed by atoms with van der Waals surface area (Å²) in [5, 5.41) is 12.6. The first-order valence-corrected chi connectivity index (χ1v) is 13.4. The molecule has 10 nitrogen and oxygen atoms in total. The minimum absolute atomic E-state index is 0.0622. The summed E-state index contributed by atoms with van der Waals surface area (Å²) < 4.78 is 11.0. The Morgan fingerprint density at radius 2 is 1.95 bits per heavy atom. The number of rotatable bonds is 6. The Bertz CT molecular complexity index is 1340. The van der Waals surface area contributed by atoms with Crippen LogP contribution in [-0.2, 0) is 16.6 Å². The van der Waals surface area contributed by atoms with Crippen LogP contribution in [0, 0.1) is 0 Å². The number of pyridine rings is 1. The number of aromatic nitrogens is 3. The molecule has 0 radical (unpaired) electrons. The highest BCUT2D eigenvalue weighted by molar-refractivity contribution is 7.09. The van der Waals surface area contributed by atoms with Crippen LogP contribution in [0.3, 0.4) is 0 Å². The molecule has 11 heteroatoms. The number of anilines is 1. The third kappa shape index (κ3) is 5.21. The van der Waals surface area contributed by atoms with Crippen LogP contribution < -0.4 is 20.7 Å². The maximum absolute atomic E-state index is 12.4. The quantitative estimate of drug-likeness (QED) is 0.436. The molecule has 1 atom stereocenters. The molecule has 1 fully saturated rings. The third-order valence-electron chi connectivity index (χ3n) is 7.09. The number of piperidine rings is 1. The lowest BCUT2D eigenvalue weighted by Gasteiger charge is -2.38. The first kappa shape index (κ1) is 26.1. The highest BCUT2D eigenvalue weighted by Gasteiger charge is 2.43. The Morgan fingerprint density at radius 1 is 1.24 bits per heavy atom. The van der Waals surface area contributed by atoms with Crippen molar-refractivity contribution in [2.24, 2.45) is 5.73 Å². The monoisotopic (exact) mass is 536 g/mol. The fourth-order valence-corrected chi connectivity index (χ4v) is 5.67. The van der Waals surface area contributed by atoms with Gasteiger partial charge in [-0.05, 0) is 18.2 Å². The average molecular weight is 537 g/mol. The molecule has 0 unspecified atom stereocenters. The summed E-state index contributed by atoms with van der Waals surface area (Å²) in [6.45, 7) is 7.55. The van der Waals surface area contributed by atoms with Crippen LogP contribution in [0.25, 0.3) is 11.3 Å². The molecule has 4 heterocycles. The molecule has 0 aliphatic carbocycles. The van der Waals surface area contributed by atoms with Crippen LogP contribution in [0.15, 0.2) is 36.5 Å². The zero-order valence-electron chi connectivity index (χ0n) is 21.7. The lowest BCUT2D eigenvalue weighted by molar-refractivity contribution is -0.120. The van der Waals surface area contributed by atoms with E-state index in [4.69, 9.17) is 15.5 Å². The lowest BCUT2D eigenvalue weighted by atomic mass is 9.87. The number of hydrogen-bond donors (Lipinski definition) is 3. The van der Waals surface area contributed by atoms with Crippen molar-refractivity contribution in [3.05, 3.63) is 53.5 Å². The van der Waals surface area contributed by atoms with Gasteiger partial charge in [-0.25, -0.2) is 4.98 Å². The number of ether oxygens (including phenoxy) is 1. The van der Waals surface area contributed by atoms with E-state index in [0.29, 0.717) is 5.56 Å². The van der Waals surface area contributed by atoms with Gasteiger partial charge in [0.25, 0.3) is 5.91 Å². The van der Waals surface area contributed by atoms with Crippen molar-refractivity contribution in [3.63, 3.8) is 0 Å². The molecule has 200 valence electrons. The smallest absolute Gasteiger partial charge is 0.251 e. The van der Waals surface area contributed by atoms with Crippen molar-refractivity contribution in [3.8, 4) is 17.0 Å². The molecule has 4 N–H and O–H groups in total. The molecular formula is C27H32N6O4S. The van der Waals surface area contributed by atoms with Gasteiger partial charge in [0, 0.05) is 66.0 Å². The number of fused-ring (bicyclic) bond motifs is 1. The molecule has 1 saturated heterocycles. The summed E-state index contributed by atoms with van der Waals surface area (Å²) in [6, 6.07) is 7.85. The van der Waals surface area contributed by atoms with Gasteiger partial charge in [0.05, 0.1) is 18.5 Å². The van der Waals surface area contributed by atoms with Crippen molar-refractivity contribution < 1.29 is 19.4 Å². The van der Waals surface area contributed by atoms with Gasteiger partial charge in [0.2, 0.25) is 11.0 Å². The number of carbonyl (C=O) groups excluding carboxylic acids is 2. The Morgan fingerprint density at radius 3 is 2.55 bits per heavy atom. The number of hydrogen-bond acceptors (Lipinski definition) is 9. The molecule has 0 bridgehead atoms. The van der Waals surface area contributed by atoms with E-state index in [1.54, 1.807) is 30.5 Å². The SMILES string of the molecule is CC(C)(C)c1nsc(N2CCC3(CC2)Cc2cc(-c4ccc(C(=O)N[C@@H](CO)C(N)=O)cc4)ncc2O3)n1. The number of aliphatic hydroxyl groups is 1. The molecule has 1 spiro atoms. The van der Waals surface area contributed by atoms with Gasteiger partial charge in [-0.1, -0.05) is 32.9 Å². The van der Waals surface area contributed by atoms with E-state index in [9.17, 15) is 14.7 Å². The van der Waals surface area contributed by atoms with Crippen LogP contribution in [-0.4, -0.2) is 62.6 Å². The molecule has 2 amide bonds. The van der Waals surface area contributed by atoms with Gasteiger partial charge >= 0.3 is 0 Å². The van der Waals surface area contributed by atoms with E-state index in [2.05, 4.69) is 46.4 Å². The molecule has 38 heavy (non-hydrogen) atoms. The Kier molecular flexibility index (Phi) is 6.83. The van der Waals surface area contributed by atoms with E-state index in [1.807, 2.05) is 0 Å². The number of carbonyl (C=O) groups is 2. The first-order chi connectivity index (χ1) is 18.1. The third-order valence-corrected chi connectivity index (χ3v) is 7.87. The summed E-state index contributed by atoms with van der Waals surface area (Å²) in [6.07, 6.45) is 4.40. The van der Waals surface area contributed by atoms with E-state index in [0.717, 1.165) is 65.9 Å². The summed E-state index contributed by atoms with van der Waals surface area (Å²) in [4.78, 5) is 35.3. The predicted molar refractivity (Wildman–Crippen MR) is 144 cm³/mol. The Labute approximate surface area is 225 Å². The van der Waals surface area contributed by atoms with Gasteiger partial charge in [0.15, 0.2) is 0 Å². The van der Waals surface area contributed by atoms with E-state index >= 15 is 0 Å². The second-order valence-electron chi connectivity index (χ2n) is 11.0. The molecule has 1 aromatic carbocycles. The molecule has 2 aliphatic rings. The van der Waals surface area contributed by atoms with Crippen LogP contribution in [0.2, 0.25) is 0 Å². The van der Waals surface area contributed by atoms with Gasteiger partial charge in [-0.15, -0.1) is 0 Å². The largest absolute Gasteiger partial charge is 0.485 e. The summed E-state index contributed by atoms with van der Waals surface area (Å²) in [5.74, 6) is 0.432. The minimum Gasteiger partial charge on any atom is -0.485 e. The predicted octanol–water partition coefficient (Wildman–Crippen LogP) is 2.45. The standard InChI is InChI=1S/C27H32N6O4S/c1-26(2,3)24-31-25(38-32-24)33-10-8-27(9-11-33)13-18-12-19(29-14-21(18)37-27)16-4-6-17(7-5-16)23(36)30-20(15-34)22(28)35/h4-7,12,14,20,34H,8-11,13,15H2,1-3H3,(H2,28,35)(H,30,36)/t20-/m0/s1. The minimum atomic E-state index is -1.13. The highest BCUT2D eigenvalue weighted by Crippen LogP contribution is 2.42. The number of aliphatic hydroxyl groups excluding tert-OH is 1. The number of benzene rings is 1. The number of nitrogens with one attached hydrogen (secondary N) is 1. The summed E-state index contributed by atoms with van der Waals surface area (Å²) in [7, 11) is 0. The van der Waals surface area contributed by atoms with E-state index < -0.39 is 24.5 Å². The fourth-order valence-electron chi connectivity index (χ4n) is 4.76. The Hall–Kier alpha value is -3.57. The van der Waals surface area contributed by atoms with Crippen LogP contribution in [0.1, 0.15) is 55.4 Å². The van der Waals surface area contributed by atoms with E-state index in [-0.39, 0.29) is 11.0 Å². The second-order valence-corrected chi connectivity index (χ2v) is 11.7. The highest BCUT2D eigenvalue weighted by atomic mass is 32.1. The van der Waals surface area contributed by atoms with Gasteiger partial charge in [0.1, 0.15) is 23.2 Å². The normalized spacial score (nSPS) is 17.1. The number of amides is 2. The lowest BCUT2D eigenvalue weighted by Crippen LogP contribution is -2.47. The van der Waals surface area contributed by atoms with Crippen molar-refractivity contribution in [1.29, 1.82) is 0 Å². The Balaban J connectivity index is 1.23. The van der Waals surface area contributed by atoms with Gasteiger partial charge in [-0.3, -0.25) is 14.6 Å². The van der Waals surface area contributed by atoms with Gasteiger partial charge in [-0.2, -0.15) is 4.37 Å². The summed E-state index contributed by atoms with van der Waals surface area (Å²) in [5.41, 5.74) is 8.02. The first-order valence-electron chi connectivity index (χ1n) is 12.7. The van der Waals surface area contributed by atoms with Crippen LogP contribution in [0.4, 0.5) is 5.13 Å².